The van der Waals surface area contributed by atoms with Crippen molar-refractivity contribution < 1.29 is 36.5 Å². The van der Waals surface area contributed by atoms with Crippen molar-refractivity contribution in [1.82, 2.24) is 24.5 Å². The van der Waals surface area contributed by atoms with Gasteiger partial charge in [0.25, 0.3) is 0 Å². The van der Waals surface area contributed by atoms with E-state index in [1.165, 1.54) is 0 Å². The number of nitrogens with zero attached hydrogens (tertiary/aromatic N) is 5. The van der Waals surface area contributed by atoms with Gasteiger partial charge in [-0.2, -0.15) is 18.7 Å². The summed E-state index contributed by atoms with van der Waals surface area (Å²) >= 11 is 0. The highest BCUT2D eigenvalue weighted by atomic mass is 19.1. The van der Waals surface area contributed by atoms with Gasteiger partial charge in [-0.1, -0.05) is 12.1 Å². The van der Waals surface area contributed by atoms with Gasteiger partial charge in [0.1, 0.15) is 46.1 Å². The SMILES string of the molecule is Fc1cc(F)nc(Oc2cccc(Oc3ccc4c5ccc(Oc6cccc(Oc7cc(F)cc(F)n7)c6)cc5n(-c5ncccn5)c4c3)c2)c1. The summed E-state index contributed by atoms with van der Waals surface area (Å²) in [7, 11) is 0. The molecule has 0 aliphatic rings. The van der Waals surface area contributed by atoms with E-state index in [1.54, 1.807) is 67.0 Å². The predicted molar refractivity (Wildman–Crippen MR) is 178 cm³/mol. The molecule has 0 bridgehead atoms. The third kappa shape index (κ3) is 6.81. The maximum Gasteiger partial charge on any atom is 0.234 e. The lowest BCUT2D eigenvalue weighted by Gasteiger charge is -2.10. The van der Waals surface area contributed by atoms with Crippen LogP contribution in [-0.2, 0) is 0 Å². The number of hydrogen-bond donors (Lipinski definition) is 0. The molecule has 9 nitrogen and oxygen atoms in total. The van der Waals surface area contributed by atoms with E-state index in [-0.39, 0.29) is 23.3 Å². The molecule has 0 amide bonds. The van der Waals surface area contributed by atoms with Crippen LogP contribution in [0.3, 0.4) is 0 Å². The van der Waals surface area contributed by atoms with E-state index in [9.17, 15) is 17.6 Å². The zero-order valence-electron chi connectivity index (χ0n) is 26.0. The summed E-state index contributed by atoms with van der Waals surface area (Å²) in [4.78, 5) is 16.1. The Morgan fingerprint density at radius 2 is 0.863 bits per heavy atom. The quantitative estimate of drug-likeness (QED) is 0.109. The van der Waals surface area contributed by atoms with E-state index in [4.69, 9.17) is 18.9 Å². The van der Waals surface area contributed by atoms with Crippen molar-refractivity contribution in [2.24, 2.45) is 0 Å². The van der Waals surface area contributed by atoms with Crippen molar-refractivity contribution >= 4 is 21.8 Å². The van der Waals surface area contributed by atoms with Gasteiger partial charge in [0.15, 0.2) is 0 Å². The molecule has 250 valence electrons. The summed E-state index contributed by atoms with van der Waals surface area (Å²) in [5.41, 5.74) is 1.48. The average molecular weight is 688 g/mol. The Balaban J connectivity index is 1.11. The van der Waals surface area contributed by atoms with Crippen LogP contribution in [0.15, 0.2) is 128 Å². The second kappa shape index (κ2) is 13.1. The molecule has 0 N–H and O–H groups in total. The molecular weight excluding hydrogens is 666 g/mol. The number of fused-ring (bicyclic) bond motifs is 3. The molecule has 13 heteroatoms. The number of rotatable bonds is 9. The standard InChI is InChI=1S/C38H21F4N5O4/c39-22-14-34(41)45-36(16-22)50-26-6-1-4-24(18-26)48-28-8-10-30-31-11-9-29(21-33(31)47(32(30)20-28)38-43-12-3-13-44-38)49-25-5-2-7-27(19-25)51-37-17-23(40)15-35(42)46-37/h1-21H. The number of ether oxygens (including phenoxy) is 4. The molecule has 8 rings (SSSR count). The van der Waals surface area contributed by atoms with Crippen molar-refractivity contribution in [2.75, 3.05) is 0 Å². The Bertz CT molecular complexity index is 2370. The van der Waals surface area contributed by atoms with Crippen molar-refractivity contribution in [3.63, 3.8) is 0 Å². The minimum absolute atomic E-state index is 0.235. The summed E-state index contributed by atoms with van der Waals surface area (Å²) in [6, 6.07) is 29.2. The summed E-state index contributed by atoms with van der Waals surface area (Å²) in [5.74, 6) is -1.38. The second-order valence-corrected chi connectivity index (χ2v) is 11.0. The molecule has 0 fully saturated rings. The first-order valence-corrected chi connectivity index (χ1v) is 15.3. The first kappa shape index (κ1) is 31.3. The van der Waals surface area contributed by atoms with Gasteiger partial charge in [0.2, 0.25) is 29.6 Å². The normalized spacial score (nSPS) is 11.1. The van der Waals surface area contributed by atoms with E-state index in [1.807, 2.05) is 41.0 Å². The molecule has 0 saturated heterocycles. The van der Waals surface area contributed by atoms with Gasteiger partial charge in [-0.15, -0.1) is 0 Å². The topological polar surface area (TPSA) is 93.4 Å². The van der Waals surface area contributed by atoms with E-state index in [0.29, 0.717) is 41.1 Å². The molecule has 4 heterocycles. The molecule has 0 radical (unpaired) electrons. The number of hydrogen-bond acceptors (Lipinski definition) is 8. The third-order valence-corrected chi connectivity index (χ3v) is 7.46. The lowest BCUT2D eigenvalue weighted by Crippen LogP contribution is -2.00. The van der Waals surface area contributed by atoms with Crippen LogP contribution in [0.2, 0.25) is 0 Å². The fourth-order valence-electron chi connectivity index (χ4n) is 5.43. The Morgan fingerprint density at radius 1 is 0.431 bits per heavy atom. The summed E-state index contributed by atoms with van der Waals surface area (Å²) in [5, 5.41) is 1.77. The first-order chi connectivity index (χ1) is 24.8. The monoisotopic (exact) mass is 687 g/mol. The van der Waals surface area contributed by atoms with E-state index >= 15 is 0 Å². The molecule has 0 unspecified atom stereocenters. The highest BCUT2D eigenvalue weighted by Crippen LogP contribution is 2.38. The summed E-state index contributed by atoms with van der Waals surface area (Å²) in [6.07, 6.45) is 3.27. The van der Waals surface area contributed by atoms with Gasteiger partial charge in [-0.25, -0.2) is 18.7 Å². The van der Waals surface area contributed by atoms with Crippen molar-refractivity contribution in [3.05, 3.63) is 151 Å². The van der Waals surface area contributed by atoms with Gasteiger partial charge in [0.05, 0.1) is 11.0 Å². The van der Waals surface area contributed by atoms with Crippen LogP contribution >= 0.6 is 0 Å². The van der Waals surface area contributed by atoms with Gasteiger partial charge < -0.3 is 18.9 Å². The Morgan fingerprint density at radius 3 is 1.31 bits per heavy atom. The zero-order valence-corrected chi connectivity index (χ0v) is 26.0. The first-order valence-electron chi connectivity index (χ1n) is 15.3. The van der Waals surface area contributed by atoms with Crippen LogP contribution < -0.4 is 18.9 Å². The number of halogens is 4. The fraction of sp³-hybridized carbons (Fsp3) is 0. The maximum atomic E-state index is 13.7. The molecule has 51 heavy (non-hydrogen) atoms. The minimum atomic E-state index is -1.000. The van der Waals surface area contributed by atoms with Gasteiger partial charge >= 0.3 is 0 Å². The van der Waals surface area contributed by atoms with Crippen molar-refractivity contribution in [2.45, 2.75) is 0 Å². The van der Waals surface area contributed by atoms with Crippen LogP contribution in [0.5, 0.6) is 46.3 Å². The largest absolute Gasteiger partial charge is 0.457 e. The van der Waals surface area contributed by atoms with Gasteiger partial charge in [0, 0.05) is 71.7 Å². The predicted octanol–water partition coefficient (Wildman–Crippen LogP) is 10.1. The number of benzene rings is 4. The third-order valence-electron chi connectivity index (χ3n) is 7.46. The van der Waals surface area contributed by atoms with Gasteiger partial charge in [-0.05, 0) is 54.6 Å². The molecule has 4 aromatic heterocycles. The average Bonchev–Trinajstić information content (AvgIpc) is 3.41. The smallest absolute Gasteiger partial charge is 0.234 e. The molecule has 0 atom stereocenters. The van der Waals surface area contributed by atoms with E-state index < -0.39 is 23.5 Å². The molecule has 4 aromatic carbocycles. The molecule has 0 saturated carbocycles. The lowest BCUT2D eigenvalue weighted by molar-refractivity contribution is 0.428. The van der Waals surface area contributed by atoms with Crippen LogP contribution in [0.4, 0.5) is 17.6 Å². The lowest BCUT2D eigenvalue weighted by atomic mass is 10.1. The highest BCUT2D eigenvalue weighted by Gasteiger charge is 2.17. The zero-order chi connectivity index (χ0) is 34.9. The Kier molecular flexibility index (Phi) is 8.04. The van der Waals surface area contributed by atoms with Crippen molar-refractivity contribution in [3.8, 4) is 52.2 Å². The van der Waals surface area contributed by atoms with Gasteiger partial charge in [-0.3, -0.25) is 4.57 Å². The van der Waals surface area contributed by atoms with Crippen LogP contribution in [0.25, 0.3) is 27.8 Å². The van der Waals surface area contributed by atoms with Crippen molar-refractivity contribution in [1.29, 1.82) is 0 Å². The Hall–Kier alpha value is -7.02. The Labute approximate surface area is 285 Å². The highest BCUT2D eigenvalue weighted by molar-refractivity contribution is 6.09. The number of aromatic nitrogens is 5. The van der Waals surface area contributed by atoms with E-state index in [0.717, 1.165) is 33.9 Å². The van der Waals surface area contributed by atoms with E-state index in [2.05, 4.69) is 19.9 Å². The van der Waals surface area contributed by atoms with Crippen LogP contribution in [0.1, 0.15) is 0 Å². The fourth-order valence-corrected chi connectivity index (χ4v) is 5.43. The summed E-state index contributed by atoms with van der Waals surface area (Å²) in [6.45, 7) is 0. The van der Waals surface area contributed by atoms with Crippen LogP contribution in [-0.4, -0.2) is 24.5 Å². The molecular formula is C38H21F4N5O4. The molecule has 0 aliphatic heterocycles. The van der Waals surface area contributed by atoms with Crippen LogP contribution in [0, 0.1) is 23.5 Å². The minimum Gasteiger partial charge on any atom is -0.457 e. The second-order valence-electron chi connectivity index (χ2n) is 11.0. The summed E-state index contributed by atoms with van der Waals surface area (Å²) < 4.78 is 79.8. The molecule has 0 aliphatic carbocycles. The molecule has 8 aromatic rings. The number of pyridine rings is 2. The molecule has 0 spiro atoms. The maximum absolute atomic E-state index is 13.7.